The molecule has 21 heavy (non-hydrogen) atoms. The summed E-state index contributed by atoms with van der Waals surface area (Å²) in [5.41, 5.74) is 3.14. The molecule has 3 rings (SSSR count). The van der Waals surface area contributed by atoms with Crippen LogP contribution >= 0.6 is 0 Å². The Balaban J connectivity index is 1.59. The Kier molecular flexibility index (Phi) is 4.54. The topological polar surface area (TPSA) is 42.2 Å². The average molecular weight is 286 g/mol. The lowest BCUT2D eigenvalue weighted by Crippen LogP contribution is -2.33. The van der Waals surface area contributed by atoms with Crippen LogP contribution in [0.5, 0.6) is 0 Å². The van der Waals surface area contributed by atoms with Crippen LogP contribution in [0.2, 0.25) is 0 Å². The van der Waals surface area contributed by atoms with Crippen molar-refractivity contribution in [1.82, 2.24) is 19.9 Å². The van der Waals surface area contributed by atoms with Gasteiger partial charge >= 0.3 is 0 Å². The van der Waals surface area contributed by atoms with Crippen LogP contribution in [0.4, 0.5) is 0 Å². The quantitative estimate of drug-likeness (QED) is 0.875. The lowest BCUT2D eigenvalue weighted by atomic mass is 9.93. The van der Waals surface area contributed by atoms with Gasteiger partial charge < -0.3 is 5.32 Å². The van der Waals surface area contributed by atoms with Crippen molar-refractivity contribution in [3.05, 3.63) is 29.7 Å². The molecule has 1 aliphatic rings. The van der Waals surface area contributed by atoms with Crippen molar-refractivity contribution in [3.8, 4) is 0 Å². The van der Waals surface area contributed by atoms with E-state index in [0.29, 0.717) is 6.04 Å². The molecule has 1 N–H and O–H groups in total. The van der Waals surface area contributed by atoms with Crippen LogP contribution in [0.15, 0.2) is 18.5 Å². The molecule has 1 atom stereocenters. The first kappa shape index (κ1) is 14.5. The largest absolute Gasteiger partial charge is 0.310 e. The van der Waals surface area contributed by atoms with Crippen LogP contribution < -0.4 is 5.32 Å². The first-order chi connectivity index (χ1) is 10.2. The number of hydrogen-bond donors (Lipinski definition) is 1. The van der Waals surface area contributed by atoms with E-state index in [2.05, 4.69) is 28.5 Å². The van der Waals surface area contributed by atoms with E-state index in [1.165, 1.54) is 44.1 Å². The molecule has 4 heteroatoms. The highest BCUT2D eigenvalue weighted by Crippen LogP contribution is 2.25. The number of nitrogens with zero attached hydrogens (tertiary/aromatic N) is 3. The fourth-order valence-corrected chi connectivity index (χ4v) is 3.38. The molecule has 2 heterocycles. The lowest BCUT2D eigenvalue weighted by molar-refractivity contribution is 0.336. The molecule has 0 spiro atoms. The van der Waals surface area contributed by atoms with Crippen LogP contribution in [0.1, 0.15) is 56.7 Å². The smallest absolute Gasteiger partial charge is 0.155 e. The van der Waals surface area contributed by atoms with Gasteiger partial charge in [-0.2, -0.15) is 5.10 Å². The highest BCUT2D eigenvalue weighted by atomic mass is 15.2. The normalized spacial score (nSPS) is 18.8. The van der Waals surface area contributed by atoms with Crippen LogP contribution in [0, 0.1) is 12.8 Å². The molecule has 2 aromatic heterocycles. The Morgan fingerprint density at radius 3 is 2.81 bits per heavy atom. The number of aryl methyl sites for hydroxylation is 1. The summed E-state index contributed by atoms with van der Waals surface area (Å²) in [5.74, 6) is 0.830. The van der Waals surface area contributed by atoms with Gasteiger partial charge in [-0.1, -0.05) is 25.7 Å². The molecule has 0 saturated heterocycles. The molecule has 1 saturated carbocycles. The van der Waals surface area contributed by atoms with Crippen LogP contribution in [0.3, 0.4) is 0 Å². The van der Waals surface area contributed by atoms with Crippen LogP contribution in [0.25, 0.3) is 5.65 Å². The third-order valence-electron chi connectivity index (χ3n) is 4.72. The summed E-state index contributed by atoms with van der Waals surface area (Å²) >= 11 is 0. The second-order valence-electron chi connectivity index (χ2n) is 6.47. The minimum atomic E-state index is 0.582. The number of aromatic nitrogens is 3. The van der Waals surface area contributed by atoms with E-state index in [1.807, 2.05) is 23.7 Å². The Hall–Kier alpha value is -1.42. The average Bonchev–Trinajstić information content (AvgIpc) is 2.68. The first-order valence-electron chi connectivity index (χ1n) is 8.26. The fourth-order valence-electron chi connectivity index (χ4n) is 3.38. The van der Waals surface area contributed by atoms with Gasteiger partial charge in [0.2, 0.25) is 0 Å². The molecule has 0 unspecified atom stereocenters. The fraction of sp³-hybridized carbons (Fsp3) is 0.647. The summed E-state index contributed by atoms with van der Waals surface area (Å²) in [7, 11) is 0. The summed E-state index contributed by atoms with van der Waals surface area (Å²) in [6, 6.07) is 2.59. The Morgan fingerprint density at radius 1 is 1.29 bits per heavy atom. The zero-order valence-corrected chi connectivity index (χ0v) is 13.2. The number of hydrogen-bond acceptors (Lipinski definition) is 3. The summed E-state index contributed by atoms with van der Waals surface area (Å²) in [6.45, 7) is 5.21. The number of rotatable bonds is 4. The van der Waals surface area contributed by atoms with Gasteiger partial charge in [-0.3, -0.25) is 0 Å². The molecular weight excluding hydrogens is 260 g/mol. The van der Waals surface area contributed by atoms with E-state index in [9.17, 15) is 0 Å². The Bertz CT molecular complexity index is 581. The van der Waals surface area contributed by atoms with E-state index in [4.69, 9.17) is 0 Å². The maximum Gasteiger partial charge on any atom is 0.155 e. The van der Waals surface area contributed by atoms with Crippen LogP contribution in [-0.2, 0) is 6.54 Å². The van der Waals surface area contributed by atoms with E-state index >= 15 is 0 Å². The maximum absolute atomic E-state index is 4.47. The first-order valence-corrected chi connectivity index (χ1v) is 8.26. The van der Waals surface area contributed by atoms with Crippen molar-refractivity contribution in [2.24, 2.45) is 5.92 Å². The summed E-state index contributed by atoms with van der Waals surface area (Å²) in [4.78, 5) is 4.47. The van der Waals surface area contributed by atoms with E-state index in [1.54, 1.807) is 0 Å². The lowest BCUT2D eigenvalue weighted by Gasteiger charge is -2.23. The van der Waals surface area contributed by atoms with Gasteiger partial charge in [-0.05, 0) is 32.6 Å². The number of fused-ring (bicyclic) bond motifs is 1. The molecule has 0 aromatic carbocycles. The van der Waals surface area contributed by atoms with Gasteiger partial charge in [0.25, 0.3) is 0 Å². The molecule has 2 aromatic rings. The van der Waals surface area contributed by atoms with E-state index in [0.717, 1.165) is 23.8 Å². The minimum Gasteiger partial charge on any atom is -0.310 e. The summed E-state index contributed by atoms with van der Waals surface area (Å²) in [6.07, 6.45) is 12.4. The molecule has 0 radical (unpaired) electrons. The van der Waals surface area contributed by atoms with E-state index < -0.39 is 0 Å². The predicted molar refractivity (Wildman–Crippen MR) is 85.2 cm³/mol. The third kappa shape index (κ3) is 3.62. The van der Waals surface area contributed by atoms with Gasteiger partial charge in [0.05, 0.1) is 5.69 Å². The van der Waals surface area contributed by atoms with E-state index in [-0.39, 0.29) is 0 Å². The van der Waals surface area contributed by atoms with Gasteiger partial charge in [-0.25, -0.2) is 9.50 Å². The van der Waals surface area contributed by atoms with Crippen molar-refractivity contribution in [2.45, 2.75) is 65.0 Å². The SMILES string of the molecule is Cc1cc2ncc(CN[C@@H](C)C3CCCCCC3)cn2n1. The van der Waals surface area contributed by atoms with Crippen molar-refractivity contribution in [2.75, 3.05) is 0 Å². The van der Waals surface area contributed by atoms with Crippen molar-refractivity contribution < 1.29 is 0 Å². The van der Waals surface area contributed by atoms with Crippen molar-refractivity contribution >= 4 is 5.65 Å². The molecule has 114 valence electrons. The molecule has 0 aliphatic heterocycles. The molecule has 4 nitrogen and oxygen atoms in total. The van der Waals surface area contributed by atoms with Gasteiger partial charge in [0.15, 0.2) is 5.65 Å². The van der Waals surface area contributed by atoms with Crippen molar-refractivity contribution in [3.63, 3.8) is 0 Å². The maximum atomic E-state index is 4.47. The predicted octanol–water partition coefficient (Wildman–Crippen LogP) is 3.49. The highest BCUT2D eigenvalue weighted by Gasteiger charge is 2.18. The van der Waals surface area contributed by atoms with Gasteiger partial charge in [-0.15, -0.1) is 0 Å². The monoisotopic (exact) mass is 286 g/mol. The molecular formula is C17H26N4. The molecule has 1 aliphatic carbocycles. The van der Waals surface area contributed by atoms with Gasteiger partial charge in [0, 0.05) is 36.6 Å². The zero-order valence-electron chi connectivity index (χ0n) is 13.2. The Morgan fingerprint density at radius 2 is 2.05 bits per heavy atom. The summed E-state index contributed by atoms with van der Waals surface area (Å²) < 4.78 is 1.88. The third-order valence-corrected chi connectivity index (χ3v) is 4.72. The standard InChI is InChI=1S/C17H26N4/c1-13-9-17-19-11-15(12-21(17)20-13)10-18-14(2)16-7-5-3-4-6-8-16/h9,11-12,14,16,18H,3-8,10H2,1-2H3/t14-/m0/s1. The second kappa shape index (κ2) is 6.56. The van der Waals surface area contributed by atoms with Crippen molar-refractivity contribution in [1.29, 1.82) is 0 Å². The zero-order chi connectivity index (χ0) is 14.7. The van der Waals surface area contributed by atoms with Crippen LogP contribution in [-0.4, -0.2) is 20.6 Å². The molecule has 0 amide bonds. The molecule has 1 fully saturated rings. The highest BCUT2D eigenvalue weighted by molar-refractivity contribution is 5.38. The summed E-state index contributed by atoms with van der Waals surface area (Å²) in [5, 5.41) is 8.12. The molecule has 0 bridgehead atoms. The second-order valence-corrected chi connectivity index (χ2v) is 6.47. The number of nitrogens with one attached hydrogen (secondary N) is 1. The van der Waals surface area contributed by atoms with Gasteiger partial charge in [0.1, 0.15) is 0 Å². The minimum absolute atomic E-state index is 0.582. The Labute approximate surface area is 127 Å².